The number of anilines is 2. The highest BCUT2D eigenvalue weighted by Crippen LogP contribution is 2.31. The van der Waals surface area contributed by atoms with E-state index >= 15 is 0 Å². The Hall–Kier alpha value is -4.23. The molecule has 0 radical (unpaired) electrons. The van der Waals surface area contributed by atoms with Gasteiger partial charge in [-0.1, -0.05) is 80.1 Å². The van der Waals surface area contributed by atoms with E-state index in [2.05, 4.69) is 19.2 Å². The van der Waals surface area contributed by atoms with Crippen molar-refractivity contribution in [1.29, 1.82) is 0 Å². The summed E-state index contributed by atoms with van der Waals surface area (Å²) in [6.45, 7) is 9.20. The third-order valence-corrected chi connectivity index (χ3v) is 7.00. The van der Waals surface area contributed by atoms with Gasteiger partial charge in [-0.15, -0.1) is 0 Å². The molecular weight excluding hydrogens is 498 g/mol. The van der Waals surface area contributed by atoms with Gasteiger partial charge < -0.3 is 16.0 Å². The van der Waals surface area contributed by atoms with E-state index in [1.165, 1.54) is 0 Å². The van der Waals surface area contributed by atoms with Gasteiger partial charge in [0.1, 0.15) is 11.5 Å². The zero-order chi connectivity index (χ0) is 28.6. The maximum absolute atomic E-state index is 14.2. The summed E-state index contributed by atoms with van der Waals surface area (Å²) in [5.74, 6) is 0.447. The van der Waals surface area contributed by atoms with Crippen LogP contribution in [0.3, 0.4) is 0 Å². The summed E-state index contributed by atoms with van der Waals surface area (Å²) in [5, 5.41) is 3.29. The fourth-order valence-corrected chi connectivity index (χ4v) is 4.92. The number of nitrogens with two attached hydrogens (primary N) is 1. The third kappa shape index (κ3) is 6.66. The molecule has 40 heavy (non-hydrogen) atoms. The lowest BCUT2D eigenvalue weighted by molar-refractivity contribution is 0.0602. The van der Waals surface area contributed by atoms with Crippen LogP contribution in [-0.2, 0) is 6.54 Å². The fourth-order valence-electron chi connectivity index (χ4n) is 4.92. The first kappa shape index (κ1) is 28.8. The molecule has 1 heterocycles. The van der Waals surface area contributed by atoms with Crippen LogP contribution in [0.15, 0.2) is 89.7 Å². The highest BCUT2D eigenvalue weighted by molar-refractivity contribution is 5.94. The Morgan fingerprint density at radius 1 is 0.950 bits per heavy atom. The summed E-state index contributed by atoms with van der Waals surface area (Å²) >= 11 is 0. The predicted octanol–water partition coefficient (Wildman–Crippen LogP) is 5.84. The first-order valence-electron chi connectivity index (χ1n) is 13.8. The minimum absolute atomic E-state index is 0.0200. The maximum Gasteiger partial charge on any atom is 0.277 e. The molecule has 7 heteroatoms. The lowest BCUT2D eigenvalue weighted by atomic mass is 9.98. The summed E-state index contributed by atoms with van der Waals surface area (Å²) in [5.41, 5.74) is 10.2. The van der Waals surface area contributed by atoms with Crippen LogP contribution in [-0.4, -0.2) is 33.4 Å². The number of amides is 1. The molecule has 3 aromatic carbocycles. The van der Waals surface area contributed by atoms with Crippen LogP contribution in [0.4, 0.5) is 11.4 Å². The second-order valence-electron chi connectivity index (χ2n) is 10.5. The van der Waals surface area contributed by atoms with Crippen molar-refractivity contribution in [3.8, 4) is 0 Å². The molecule has 1 amide bonds. The Bertz CT molecular complexity index is 1460. The van der Waals surface area contributed by atoms with Gasteiger partial charge in [0.2, 0.25) is 0 Å². The van der Waals surface area contributed by atoms with Gasteiger partial charge in [-0.3, -0.25) is 14.2 Å². The van der Waals surface area contributed by atoms with Crippen molar-refractivity contribution in [3.63, 3.8) is 0 Å². The van der Waals surface area contributed by atoms with Crippen molar-refractivity contribution in [1.82, 2.24) is 14.5 Å². The van der Waals surface area contributed by atoms with Gasteiger partial charge in [0.05, 0.1) is 18.3 Å². The van der Waals surface area contributed by atoms with Gasteiger partial charge in [0.25, 0.3) is 11.5 Å². The molecular formula is C33H39N5O2. The van der Waals surface area contributed by atoms with Gasteiger partial charge in [-0.2, -0.15) is 0 Å². The molecule has 1 aromatic heterocycles. The number of hydrogen-bond donors (Lipinski definition) is 2. The third-order valence-electron chi connectivity index (χ3n) is 7.00. The maximum atomic E-state index is 14.2. The Morgan fingerprint density at radius 2 is 1.57 bits per heavy atom. The van der Waals surface area contributed by atoms with Gasteiger partial charge >= 0.3 is 0 Å². The molecule has 4 aromatic rings. The normalized spacial score (nSPS) is 11.8. The van der Waals surface area contributed by atoms with E-state index in [0.29, 0.717) is 48.8 Å². The van der Waals surface area contributed by atoms with Gasteiger partial charge in [-0.05, 0) is 62.6 Å². The van der Waals surface area contributed by atoms with Crippen molar-refractivity contribution in [2.24, 2.45) is 11.7 Å². The summed E-state index contributed by atoms with van der Waals surface area (Å²) < 4.78 is 1.72. The van der Waals surface area contributed by atoms with E-state index in [1.807, 2.05) is 104 Å². The molecule has 0 saturated carbocycles. The molecule has 0 bridgehead atoms. The summed E-state index contributed by atoms with van der Waals surface area (Å²) in [7, 11) is 0. The van der Waals surface area contributed by atoms with Crippen molar-refractivity contribution >= 4 is 17.3 Å². The highest BCUT2D eigenvalue weighted by Gasteiger charge is 2.33. The second kappa shape index (κ2) is 13.2. The largest absolute Gasteiger partial charge is 0.350 e. The topological polar surface area (TPSA) is 93.2 Å². The lowest BCUT2D eigenvalue weighted by Gasteiger charge is -2.36. The Labute approximate surface area is 236 Å². The first-order chi connectivity index (χ1) is 19.3. The van der Waals surface area contributed by atoms with Crippen LogP contribution in [0.2, 0.25) is 0 Å². The quantitative estimate of drug-likeness (QED) is 0.251. The van der Waals surface area contributed by atoms with Crippen LogP contribution in [0.1, 0.15) is 59.3 Å². The molecule has 208 valence electrons. The van der Waals surface area contributed by atoms with Gasteiger partial charge in [0.15, 0.2) is 0 Å². The van der Waals surface area contributed by atoms with E-state index in [1.54, 1.807) is 4.57 Å². The number of nitrogens with one attached hydrogen (secondary N) is 1. The molecule has 4 rings (SSSR count). The monoisotopic (exact) mass is 537 g/mol. The molecule has 0 saturated heterocycles. The van der Waals surface area contributed by atoms with E-state index in [0.717, 1.165) is 16.8 Å². The number of rotatable bonds is 11. The molecule has 0 unspecified atom stereocenters. The van der Waals surface area contributed by atoms with Crippen molar-refractivity contribution < 1.29 is 4.79 Å². The standard InChI is InChI=1S/C33H39N5O2/c1-23(2)30(37(21-11-20-34)32(39)27-18-16-24(3)17-19-27)31-35-25(4)29(36-28-14-9-6-10-15-28)33(40)38(31)22-26-12-7-5-8-13-26/h5-10,12-19,23,30,36H,11,20-22,34H2,1-4H3/t30-/m1/s1. The molecule has 1 atom stereocenters. The van der Waals surface area contributed by atoms with E-state index in [9.17, 15) is 9.59 Å². The fraction of sp³-hybridized carbons (Fsp3) is 0.303. The zero-order valence-corrected chi connectivity index (χ0v) is 23.8. The first-order valence-corrected chi connectivity index (χ1v) is 13.8. The predicted molar refractivity (Wildman–Crippen MR) is 162 cm³/mol. The number of nitrogens with zero attached hydrogens (tertiary/aromatic N) is 3. The number of carbonyl (C=O) groups excluding carboxylic acids is 1. The Morgan fingerprint density at radius 3 is 2.17 bits per heavy atom. The molecule has 7 nitrogen and oxygen atoms in total. The van der Waals surface area contributed by atoms with Gasteiger partial charge in [-0.25, -0.2) is 4.98 Å². The number of benzene rings is 3. The minimum Gasteiger partial charge on any atom is -0.350 e. The van der Waals surface area contributed by atoms with Crippen molar-refractivity contribution in [2.45, 2.75) is 46.7 Å². The van der Waals surface area contributed by atoms with Crippen LogP contribution in [0, 0.1) is 19.8 Å². The molecule has 0 spiro atoms. The number of carbonyl (C=O) groups is 1. The Balaban J connectivity index is 1.88. The highest BCUT2D eigenvalue weighted by atomic mass is 16.2. The number of aromatic nitrogens is 2. The van der Waals surface area contributed by atoms with E-state index in [4.69, 9.17) is 10.7 Å². The van der Waals surface area contributed by atoms with Crippen LogP contribution >= 0.6 is 0 Å². The lowest BCUT2D eigenvalue weighted by Crippen LogP contribution is -2.42. The minimum atomic E-state index is -0.443. The molecule has 0 aliphatic heterocycles. The van der Waals surface area contributed by atoms with E-state index in [-0.39, 0.29) is 17.4 Å². The summed E-state index contributed by atoms with van der Waals surface area (Å²) in [6.07, 6.45) is 0.635. The van der Waals surface area contributed by atoms with E-state index < -0.39 is 6.04 Å². The summed E-state index contributed by atoms with van der Waals surface area (Å²) in [6, 6.07) is 26.6. The molecule has 0 fully saturated rings. The van der Waals surface area contributed by atoms with Gasteiger partial charge in [0, 0.05) is 17.8 Å². The van der Waals surface area contributed by atoms with Crippen molar-refractivity contribution in [3.05, 3.63) is 123 Å². The van der Waals surface area contributed by atoms with Crippen molar-refractivity contribution in [2.75, 3.05) is 18.4 Å². The molecule has 3 N–H and O–H groups in total. The number of hydrogen-bond acceptors (Lipinski definition) is 5. The number of para-hydroxylation sites is 1. The van der Waals surface area contributed by atoms with Crippen LogP contribution in [0.5, 0.6) is 0 Å². The average Bonchev–Trinajstić information content (AvgIpc) is 2.96. The smallest absolute Gasteiger partial charge is 0.277 e. The van der Waals surface area contributed by atoms with Crippen LogP contribution < -0.4 is 16.6 Å². The SMILES string of the molecule is Cc1ccc(C(=O)N(CCCN)[C@@H](c2nc(C)c(Nc3ccccc3)c(=O)n2Cc2ccccc2)C(C)C)cc1. The zero-order valence-electron chi connectivity index (χ0n) is 23.8. The van der Waals surface area contributed by atoms with Crippen LogP contribution in [0.25, 0.3) is 0 Å². The Kier molecular flexibility index (Phi) is 9.51. The average molecular weight is 538 g/mol. The summed E-state index contributed by atoms with van der Waals surface area (Å²) in [4.78, 5) is 35.1. The second-order valence-corrected chi connectivity index (χ2v) is 10.5. The number of aryl methyl sites for hydroxylation is 2. The molecule has 0 aliphatic rings. The molecule has 0 aliphatic carbocycles.